The molecular weight excluding hydrogens is 471 g/mol. The summed E-state index contributed by atoms with van der Waals surface area (Å²) in [4.78, 5) is 15.8. The molecular formula is C27H28ClFN2O2S. The fraction of sp³-hybridized carbons (Fsp3) is 0.370. The summed E-state index contributed by atoms with van der Waals surface area (Å²) in [5, 5.41) is 13.3. The SMILES string of the molecule is O=C(O)c1ccc(CN2CCC(F)(CNC3CC3c3ccc(-c4ccc(Cl)cc4)s3)CC2)cc1. The number of carboxylic acid groups (broad SMARTS) is 1. The highest BCUT2D eigenvalue weighted by Crippen LogP contribution is 2.46. The van der Waals surface area contributed by atoms with Crippen LogP contribution in [0.25, 0.3) is 10.4 Å². The average Bonchev–Trinajstić information content (AvgIpc) is 3.45. The lowest BCUT2D eigenvalue weighted by Gasteiger charge is -2.36. The number of carbonyl (C=O) groups is 1. The van der Waals surface area contributed by atoms with Gasteiger partial charge in [-0.2, -0.15) is 0 Å². The minimum atomic E-state index is -1.17. The van der Waals surface area contributed by atoms with E-state index < -0.39 is 11.6 Å². The molecule has 1 saturated heterocycles. The van der Waals surface area contributed by atoms with E-state index >= 15 is 4.39 Å². The summed E-state index contributed by atoms with van der Waals surface area (Å²) in [5.41, 5.74) is 1.36. The summed E-state index contributed by atoms with van der Waals surface area (Å²) in [6.45, 7) is 2.55. The maximum atomic E-state index is 15.4. The standard InChI is InChI=1S/C27H28ClFN2O2S/c28-21-7-5-19(6-8-21)24-9-10-25(34-24)22-15-23(22)30-17-27(29)11-13-31(14-12-27)16-18-1-3-20(4-2-18)26(32)33/h1-10,22-23,30H,11-17H2,(H,32,33). The number of piperidine rings is 1. The molecule has 2 heterocycles. The van der Waals surface area contributed by atoms with Gasteiger partial charge in [-0.3, -0.25) is 4.90 Å². The molecule has 2 aliphatic rings. The van der Waals surface area contributed by atoms with E-state index in [-0.39, 0.29) is 0 Å². The molecule has 2 N–H and O–H groups in total. The van der Waals surface area contributed by atoms with Crippen LogP contribution in [-0.4, -0.2) is 47.3 Å². The van der Waals surface area contributed by atoms with Crippen LogP contribution >= 0.6 is 22.9 Å². The summed E-state index contributed by atoms with van der Waals surface area (Å²) in [6.07, 6.45) is 2.10. The van der Waals surface area contributed by atoms with Gasteiger partial charge in [0, 0.05) is 52.9 Å². The number of nitrogens with one attached hydrogen (secondary N) is 1. The number of nitrogens with zero attached hydrogens (tertiary/aromatic N) is 1. The fourth-order valence-corrected chi connectivity index (χ4v) is 5.99. The average molecular weight is 499 g/mol. The quantitative estimate of drug-likeness (QED) is 0.387. The van der Waals surface area contributed by atoms with Crippen LogP contribution in [0.5, 0.6) is 0 Å². The third-order valence-corrected chi connectivity index (χ3v) is 8.47. The van der Waals surface area contributed by atoms with E-state index in [1.807, 2.05) is 47.7 Å². The Hall–Kier alpha value is -2.25. The summed E-state index contributed by atoms with van der Waals surface area (Å²) < 4.78 is 15.4. The summed E-state index contributed by atoms with van der Waals surface area (Å²) in [6, 6.07) is 19.6. The van der Waals surface area contributed by atoms with Gasteiger partial charge in [0.2, 0.25) is 0 Å². The molecule has 4 nitrogen and oxygen atoms in total. The Balaban J connectivity index is 1.07. The Kier molecular flexibility index (Phi) is 6.76. The van der Waals surface area contributed by atoms with Gasteiger partial charge in [0.25, 0.3) is 0 Å². The molecule has 3 aromatic rings. The summed E-state index contributed by atoms with van der Waals surface area (Å²) in [5.74, 6) is -0.443. The second-order valence-corrected chi connectivity index (χ2v) is 11.0. The number of hydrogen-bond acceptors (Lipinski definition) is 4. The number of carboxylic acids is 1. The zero-order chi connectivity index (χ0) is 23.7. The lowest BCUT2D eigenvalue weighted by molar-refractivity contribution is 0.0543. The van der Waals surface area contributed by atoms with Gasteiger partial charge in [-0.25, -0.2) is 9.18 Å². The highest BCUT2D eigenvalue weighted by molar-refractivity contribution is 7.15. The third-order valence-electron chi connectivity index (χ3n) is 6.95. The van der Waals surface area contributed by atoms with Crippen LogP contribution in [0.4, 0.5) is 4.39 Å². The van der Waals surface area contributed by atoms with Gasteiger partial charge in [0.15, 0.2) is 0 Å². The molecule has 0 bridgehead atoms. The van der Waals surface area contributed by atoms with E-state index in [0.717, 1.165) is 23.6 Å². The van der Waals surface area contributed by atoms with Crippen LogP contribution < -0.4 is 5.32 Å². The van der Waals surface area contributed by atoms with E-state index in [4.69, 9.17) is 16.7 Å². The molecule has 7 heteroatoms. The van der Waals surface area contributed by atoms with Crippen molar-refractivity contribution in [2.75, 3.05) is 19.6 Å². The maximum absolute atomic E-state index is 15.4. The first kappa shape index (κ1) is 23.5. The molecule has 1 aliphatic heterocycles. The van der Waals surface area contributed by atoms with Crippen LogP contribution in [0.3, 0.4) is 0 Å². The molecule has 2 atom stereocenters. The first-order valence-electron chi connectivity index (χ1n) is 11.7. The Labute approximate surface area is 208 Å². The van der Waals surface area contributed by atoms with Gasteiger partial charge >= 0.3 is 5.97 Å². The number of benzene rings is 2. The number of rotatable bonds is 8. The minimum absolute atomic E-state index is 0.290. The minimum Gasteiger partial charge on any atom is -0.478 e. The van der Waals surface area contributed by atoms with Crippen molar-refractivity contribution in [3.05, 3.63) is 81.7 Å². The van der Waals surface area contributed by atoms with Crippen LogP contribution in [0.2, 0.25) is 5.02 Å². The van der Waals surface area contributed by atoms with Crippen LogP contribution in [0.15, 0.2) is 60.7 Å². The van der Waals surface area contributed by atoms with Gasteiger partial charge in [0.05, 0.1) is 5.56 Å². The van der Waals surface area contributed by atoms with Crippen molar-refractivity contribution in [3.63, 3.8) is 0 Å². The maximum Gasteiger partial charge on any atom is 0.335 e. The largest absolute Gasteiger partial charge is 0.478 e. The van der Waals surface area contributed by atoms with E-state index in [9.17, 15) is 4.79 Å². The van der Waals surface area contributed by atoms with Crippen molar-refractivity contribution < 1.29 is 14.3 Å². The molecule has 0 radical (unpaired) electrons. The highest BCUT2D eigenvalue weighted by atomic mass is 35.5. The smallest absolute Gasteiger partial charge is 0.335 e. The number of hydrogen-bond donors (Lipinski definition) is 2. The number of aromatic carboxylic acids is 1. The van der Waals surface area contributed by atoms with Gasteiger partial charge in [-0.05, 0) is 66.8 Å². The Bertz CT molecular complexity index is 1140. The predicted molar refractivity (Wildman–Crippen MR) is 136 cm³/mol. The number of halogens is 2. The molecule has 5 rings (SSSR count). The summed E-state index contributed by atoms with van der Waals surface area (Å²) >= 11 is 7.81. The predicted octanol–water partition coefficient (Wildman–Crippen LogP) is 6.22. The van der Waals surface area contributed by atoms with Crippen molar-refractivity contribution >= 4 is 28.9 Å². The first-order chi connectivity index (χ1) is 16.4. The van der Waals surface area contributed by atoms with Crippen LogP contribution in [0.1, 0.15) is 46.0 Å². The molecule has 34 heavy (non-hydrogen) atoms. The molecule has 1 aromatic heterocycles. The van der Waals surface area contributed by atoms with Crippen molar-refractivity contribution in [2.45, 2.75) is 43.4 Å². The third kappa shape index (κ3) is 5.52. The summed E-state index contributed by atoms with van der Waals surface area (Å²) in [7, 11) is 0. The van der Waals surface area contributed by atoms with Crippen molar-refractivity contribution in [3.8, 4) is 10.4 Å². The first-order valence-corrected chi connectivity index (χ1v) is 12.9. The van der Waals surface area contributed by atoms with Crippen molar-refractivity contribution in [2.24, 2.45) is 0 Å². The van der Waals surface area contributed by atoms with E-state index in [1.165, 1.54) is 15.3 Å². The topological polar surface area (TPSA) is 52.6 Å². The molecule has 178 valence electrons. The van der Waals surface area contributed by atoms with Gasteiger partial charge in [0.1, 0.15) is 5.67 Å². The van der Waals surface area contributed by atoms with E-state index in [0.29, 0.717) is 50.0 Å². The van der Waals surface area contributed by atoms with Crippen molar-refractivity contribution in [1.82, 2.24) is 10.2 Å². The Morgan fingerprint density at radius 3 is 2.47 bits per heavy atom. The zero-order valence-electron chi connectivity index (χ0n) is 18.8. The molecule has 0 spiro atoms. The number of thiophene rings is 1. The number of alkyl halides is 1. The molecule has 2 aromatic carbocycles. The lowest BCUT2D eigenvalue weighted by atomic mass is 9.93. The Morgan fingerprint density at radius 1 is 1.09 bits per heavy atom. The Morgan fingerprint density at radius 2 is 1.79 bits per heavy atom. The van der Waals surface area contributed by atoms with Crippen LogP contribution in [-0.2, 0) is 6.54 Å². The fourth-order valence-electron chi connectivity index (χ4n) is 4.67. The molecule has 2 fully saturated rings. The van der Waals surface area contributed by atoms with Gasteiger partial charge < -0.3 is 10.4 Å². The lowest BCUT2D eigenvalue weighted by Crippen LogP contribution is -2.47. The molecule has 1 saturated carbocycles. The molecule has 0 amide bonds. The highest BCUT2D eigenvalue weighted by Gasteiger charge is 2.42. The molecule has 2 unspecified atom stereocenters. The van der Waals surface area contributed by atoms with Gasteiger partial charge in [-0.15, -0.1) is 11.3 Å². The van der Waals surface area contributed by atoms with E-state index in [2.05, 4.69) is 22.3 Å². The second kappa shape index (κ2) is 9.78. The van der Waals surface area contributed by atoms with Crippen molar-refractivity contribution in [1.29, 1.82) is 0 Å². The second-order valence-electron chi connectivity index (χ2n) is 9.47. The zero-order valence-corrected chi connectivity index (χ0v) is 20.4. The monoisotopic (exact) mass is 498 g/mol. The van der Waals surface area contributed by atoms with E-state index in [1.54, 1.807) is 12.1 Å². The number of likely N-dealkylation sites (tertiary alicyclic amines) is 1. The van der Waals surface area contributed by atoms with Crippen LogP contribution in [0, 0.1) is 0 Å². The van der Waals surface area contributed by atoms with Gasteiger partial charge in [-0.1, -0.05) is 35.9 Å². The molecule has 1 aliphatic carbocycles. The normalized spacial score (nSPS) is 21.9.